The second-order valence-electron chi connectivity index (χ2n) is 5.01. The van der Waals surface area contributed by atoms with Crippen LogP contribution in [0.25, 0.3) is 0 Å². The summed E-state index contributed by atoms with van der Waals surface area (Å²) in [5.41, 5.74) is 3.73. The molecule has 0 bridgehead atoms. The van der Waals surface area contributed by atoms with Crippen LogP contribution in [0.2, 0.25) is 0 Å². The lowest BCUT2D eigenvalue weighted by atomic mass is 10.0. The van der Waals surface area contributed by atoms with Gasteiger partial charge >= 0.3 is 0 Å². The van der Waals surface area contributed by atoms with Gasteiger partial charge < -0.3 is 4.74 Å². The molecule has 0 aliphatic carbocycles. The maximum Gasteiger partial charge on any atom is 0.184 e. The third-order valence-electron chi connectivity index (χ3n) is 3.38. The zero-order chi connectivity index (χ0) is 14.4. The van der Waals surface area contributed by atoms with E-state index in [9.17, 15) is 5.26 Å². The van der Waals surface area contributed by atoms with Crippen LogP contribution in [0, 0.1) is 25.2 Å². The number of nitrogens with zero attached hydrogens (tertiary/aromatic N) is 1. The molecule has 0 aromatic heterocycles. The van der Waals surface area contributed by atoms with Crippen molar-refractivity contribution in [2.24, 2.45) is 0 Å². The van der Waals surface area contributed by atoms with E-state index in [0.717, 1.165) is 12.2 Å². The molecule has 0 spiro atoms. The van der Waals surface area contributed by atoms with Crippen molar-refractivity contribution in [3.63, 3.8) is 0 Å². The molecule has 0 aliphatic rings. The van der Waals surface area contributed by atoms with Gasteiger partial charge in [0.15, 0.2) is 6.10 Å². The molecule has 0 amide bonds. The van der Waals surface area contributed by atoms with Crippen molar-refractivity contribution in [3.05, 3.63) is 65.2 Å². The Hall–Kier alpha value is -2.27. The van der Waals surface area contributed by atoms with Gasteiger partial charge in [-0.25, -0.2) is 0 Å². The average Bonchev–Trinajstić information content (AvgIpc) is 2.47. The fourth-order valence-corrected chi connectivity index (χ4v) is 2.11. The summed E-state index contributed by atoms with van der Waals surface area (Å²) in [6.07, 6.45) is 1.16. The normalized spacial score (nSPS) is 11.7. The molecule has 1 atom stereocenters. The lowest BCUT2D eigenvalue weighted by Gasteiger charge is -2.13. The minimum Gasteiger partial charge on any atom is -0.476 e. The van der Waals surface area contributed by atoms with E-state index in [1.807, 2.05) is 43.3 Å². The SMILES string of the molecule is Cc1ccc(OC(C#N)CCc2ccccc2C)cc1. The molecule has 0 N–H and O–H groups in total. The first-order chi connectivity index (χ1) is 9.69. The van der Waals surface area contributed by atoms with E-state index in [4.69, 9.17) is 4.74 Å². The van der Waals surface area contributed by atoms with Crippen molar-refractivity contribution in [2.45, 2.75) is 32.8 Å². The number of benzene rings is 2. The molecule has 2 aromatic rings. The average molecular weight is 265 g/mol. The largest absolute Gasteiger partial charge is 0.476 e. The maximum atomic E-state index is 9.21. The third kappa shape index (κ3) is 3.86. The molecule has 0 fully saturated rings. The van der Waals surface area contributed by atoms with Crippen LogP contribution >= 0.6 is 0 Å². The van der Waals surface area contributed by atoms with Gasteiger partial charge in [-0.2, -0.15) is 5.26 Å². The molecule has 2 aromatic carbocycles. The van der Waals surface area contributed by atoms with Crippen molar-refractivity contribution in [2.75, 3.05) is 0 Å². The van der Waals surface area contributed by atoms with Gasteiger partial charge in [-0.15, -0.1) is 0 Å². The standard InChI is InChI=1S/C18H19NO/c1-14-7-10-17(11-8-14)20-18(13-19)12-9-16-6-4-3-5-15(16)2/h3-8,10-11,18H,9,12H2,1-2H3. The number of aryl methyl sites for hydroxylation is 3. The maximum absolute atomic E-state index is 9.21. The number of nitriles is 1. The Bertz CT molecular complexity index is 596. The topological polar surface area (TPSA) is 33.0 Å². The van der Waals surface area contributed by atoms with E-state index in [2.05, 4.69) is 25.1 Å². The zero-order valence-corrected chi connectivity index (χ0v) is 12.0. The molecule has 0 saturated heterocycles. The molecule has 0 aliphatic heterocycles. The Kier molecular flexibility index (Phi) is 4.79. The summed E-state index contributed by atoms with van der Waals surface area (Å²) in [6, 6.07) is 18.3. The molecule has 0 heterocycles. The van der Waals surface area contributed by atoms with Gasteiger partial charge in [-0.1, -0.05) is 42.0 Å². The van der Waals surface area contributed by atoms with E-state index in [1.165, 1.54) is 16.7 Å². The van der Waals surface area contributed by atoms with Crippen molar-refractivity contribution in [1.82, 2.24) is 0 Å². The predicted molar refractivity (Wildman–Crippen MR) is 80.7 cm³/mol. The molecule has 2 heteroatoms. The Morgan fingerprint density at radius 2 is 1.75 bits per heavy atom. The first-order valence-corrected chi connectivity index (χ1v) is 6.86. The van der Waals surface area contributed by atoms with Gasteiger partial charge in [0.25, 0.3) is 0 Å². The van der Waals surface area contributed by atoms with Gasteiger partial charge in [0, 0.05) is 6.42 Å². The smallest absolute Gasteiger partial charge is 0.184 e. The van der Waals surface area contributed by atoms with Crippen molar-refractivity contribution >= 4 is 0 Å². The van der Waals surface area contributed by atoms with Crippen LogP contribution in [0.15, 0.2) is 48.5 Å². The molecule has 1 unspecified atom stereocenters. The minimum atomic E-state index is -0.405. The fourth-order valence-electron chi connectivity index (χ4n) is 2.11. The minimum absolute atomic E-state index is 0.405. The van der Waals surface area contributed by atoms with E-state index >= 15 is 0 Å². The second kappa shape index (κ2) is 6.77. The van der Waals surface area contributed by atoms with Gasteiger partial charge in [-0.3, -0.25) is 0 Å². The summed E-state index contributed by atoms with van der Waals surface area (Å²) in [5, 5.41) is 9.21. The van der Waals surface area contributed by atoms with Crippen LogP contribution in [-0.4, -0.2) is 6.10 Å². The van der Waals surface area contributed by atoms with Gasteiger partial charge in [0.1, 0.15) is 11.8 Å². The van der Waals surface area contributed by atoms with Crippen LogP contribution in [0.1, 0.15) is 23.1 Å². The van der Waals surface area contributed by atoms with Crippen LogP contribution in [0.5, 0.6) is 5.75 Å². The Labute approximate surface area is 120 Å². The van der Waals surface area contributed by atoms with Crippen molar-refractivity contribution in [1.29, 1.82) is 5.26 Å². The zero-order valence-electron chi connectivity index (χ0n) is 12.0. The summed E-state index contributed by atoms with van der Waals surface area (Å²) < 4.78 is 5.72. The van der Waals surface area contributed by atoms with Crippen LogP contribution < -0.4 is 4.74 Å². The molecule has 0 saturated carbocycles. The molecule has 0 radical (unpaired) electrons. The molecule has 2 rings (SSSR count). The molecule has 2 nitrogen and oxygen atoms in total. The molecule has 20 heavy (non-hydrogen) atoms. The number of ether oxygens (including phenoxy) is 1. The molecular weight excluding hydrogens is 246 g/mol. The van der Waals surface area contributed by atoms with E-state index in [0.29, 0.717) is 6.42 Å². The fraction of sp³-hybridized carbons (Fsp3) is 0.278. The van der Waals surface area contributed by atoms with Crippen LogP contribution in [0.4, 0.5) is 0 Å². The van der Waals surface area contributed by atoms with Crippen molar-refractivity contribution in [3.8, 4) is 11.8 Å². The first kappa shape index (κ1) is 14.1. The number of hydrogen-bond donors (Lipinski definition) is 0. The Balaban J connectivity index is 1.95. The summed E-state index contributed by atoms with van der Waals surface area (Å²) in [6.45, 7) is 4.13. The monoisotopic (exact) mass is 265 g/mol. The van der Waals surface area contributed by atoms with Gasteiger partial charge in [0.05, 0.1) is 0 Å². The highest BCUT2D eigenvalue weighted by atomic mass is 16.5. The van der Waals surface area contributed by atoms with Gasteiger partial charge in [0.2, 0.25) is 0 Å². The third-order valence-corrected chi connectivity index (χ3v) is 3.38. The van der Waals surface area contributed by atoms with E-state index in [1.54, 1.807) is 0 Å². The van der Waals surface area contributed by atoms with Crippen LogP contribution in [0.3, 0.4) is 0 Å². The van der Waals surface area contributed by atoms with Crippen LogP contribution in [-0.2, 0) is 6.42 Å². The van der Waals surface area contributed by atoms with E-state index in [-0.39, 0.29) is 0 Å². The predicted octanol–water partition coefficient (Wildman–Crippen LogP) is 4.21. The Morgan fingerprint density at radius 1 is 1.05 bits per heavy atom. The number of rotatable bonds is 5. The highest BCUT2D eigenvalue weighted by molar-refractivity contribution is 5.28. The highest BCUT2D eigenvalue weighted by Gasteiger charge is 2.10. The summed E-state index contributed by atoms with van der Waals surface area (Å²) >= 11 is 0. The summed E-state index contributed by atoms with van der Waals surface area (Å²) in [7, 11) is 0. The molecule has 102 valence electrons. The van der Waals surface area contributed by atoms with Crippen molar-refractivity contribution < 1.29 is 4.74 Å². The molecular formula is C18H19NO. The summed E-state index contributed by atoms with van der Waals surface area (Å²) in [5.74, 6) is 0.756. The first-order valence-electron chi connectivity index (χ1n) is 6.86. The lowest BCUT2D eigenvalue weighted by molar-refractivity contribution is 0.245. The quantitative estimate of drug-likeness (QED) is 0.811. The highest BCUT2D eigenvalue weighted by Crippen LogP contribution is 2.16. The summed E-state index contributed by atoms with van der Waals surface area (Å²) in [4.78, 5) is 0. The Morgan fingerprint density at radius 3 is 2.40 bits per heavy atom. The second-order valence-corrected chi connectivity index (χ2v) is 5.01. The van der Waals surface area contributed by atoms with Gasteiger partial charge in [-0.05, 0) is 43.5 Å². The lowest BCUT2D eigenvalue weighted by Crippen LogP contribution is -2.15. The van der Waals surface area contributed by atoms with E-state index < -0.39 is 6.10 Å². The number of hydrogen-bond acceptors (Lipinski definition) is 2.